The molecule has 1 aliphatic rings. The predicted molar refractivity (Wildman–Crippen MR) is 267 cm³/mol. The average Bonchev–Trinajstić information content (AvgIpc) is 3.63. The van der Waals surface area contributed by atoms with E-state index in [2.05, 4.69) is 33.0 Å². The first-order valence-corrected chi connectivity index (χ1v) is 26.2. The number of ether oxygens (including phenoxy) is 3. The van der Waals surface area contributed by atoms with Gasteiger partial charge in [-0.3, -0.25) is 19.2 Å². The Labute approximate surface area is 405 Å². The number of carbonyl (C=O) groups is 6. The lowest BCUT2D eigenvalue weighted by Gasteiger charge is -2.20. The summed E-state index contributed by atoms with van der Waals surface area (Å²) in [5.74, 6) is -3.18. The summed E-state index contributed by atoms with van der Waals surface area (Å²) in [6.07, 6.45) is 20.8. The first-order valence-electron chi connectivity index (χ1n) is 25.1. The highest BCUT2D eigenvalue weighted by molar-refractivity contribution is 7.99. The SMILES string of the molecule is CCCCCCCC(=O)O.CCCCCCCC(=O)O.CCCCCCCC(=O)OC[C@H](CSC[C@H](NC(=O)OCC1c2ccccc2-c2ccccc21)C(=O)O)OC(=O)CCCCCCC. The number of rotatable bonds is 35. The molecular formula is C53H83NO12S. The lowest BCUT2D eigenvalue weighted by molar-refractivity contribution is -0.157. The van der Waals surface area contributed by atoms with Crippen molar-refractivity contribution >= 4 is 47.7 Å². The van der Waals surface area contributed by atoms with Crippen molar-refractivity contribution in [3.8, 4) is 11.1 Å². The first kappa shape index (κ1) is 60.4. The van der Waals surface area contributed by atoms with Crippen LogP contribution in [0.25, 0.3) is 11.1 Å². The van der Waals surface area contributed by atoms with Crippen LogP contribution in [0.2, 0.25) is 0 Å². The highest BCUT2D eigenvalue weighted by Gasteiger charge is 2.30. The molecule has 2 aromatic rings. The van der Waals surface area contributed by atoms with Gasteiger partial charge in [0, 0.05) is 43.1 Å². The van der Waals surface area contributed by atoms with Crippen molar-refractivity contribution in [2.24, 2.45) is 0 Å². The molecule has 0 radical (unpaired) electrons. The predicted octanol–water partition coefficient (Wildman–Crippen LogP) is 12.8. The lowest BCUT2D eigenvalue weighted by atomic mass is 9.98. The van der Waals surface area contributed by atoms with E-state index in [0.717, 1.165) is 112 Å². The molecule has 0 saturated carbocycles. The maximum absolute atomic E-state index is 12.7. The van der Waals surface area contributed by atoms with Crippen molar-refractivity contribution in [2.45, 2.75) is 200 Å². The Kier molecular flexibility index (Phi) is 35.5. The fourth-order valence-electron chi connectivity index (χ4n) is 7.40. The van der Waals surface area contributed by atoms with Gasteiger partial charge in [0.25, 0.3) is 0 Å². The molecule has 1 amide bonds. The van der Waals surface area contributed by atoms with Crippen LogP contribution in [0.5, 0.6) is 0 Å². The van der Waals surface area contributed by atoms with Gasteiger partial charge in [-0.15, -0.1) is 0 Å². The minimum Gasteiger partial charge on any atom is -0.481 e. The second-order valence-corrected chi connectivity index (χ2v) is 18.2. The molecule has 3 rings (SSSR count). The first-order chi connectivity index (χ1) is 32.4. The molecule has 2 aromatic carbocycles. The van der Waals surface area contributed by atoms with Crippen molar-refractivity contribution in [1.29, 1.82) is 0 Å². The Morgan fingerprint density at radius 2 is 0.955 bits per heavy atom. The highest BCUT2D eigenvalue weighted by Crippen LogP contribution is 2.44. The number of thioether (sulfide) groups is 1. The highest BCUT2D eigenvalue weighted by atomic mass is 32.2. The van der Waals surface area contributed by atoms with Crippen LogP contribution in [0.3, 0.4) is 0 Å². The van der Waals surface area contributed by atoms with Crippen molar-refractivity contribution in [2.75, 3.05) is 24.7 Å². The number of aliphatic carboxylic acids is 3. The van der Waals surface area contributed by atoms with Crippen LogP contribution in [0, 0.1) is 0 Å². The molecule has 0 aliphatic heterocycles. The third-order valence-corrected chi connectivity index (χ3v) is 12.4. The van der Waals surface area contributed by atoms with E-state index in [1.807, 2.05) is 48.5 Å². The number of amides is 1. The zero-order valence-electron chi connectivity index (χ0n) is 41.1. The Balaban J connectivity index is 0.000000927. The maximum Gasteiger partial charge on any atom is 0.407 e. The molecule has 0 unspecified atom stereocenters. The number of alkyl carbamates (subject to hydrolysis) is 1. The number of carboxylic acid groups (broad SMARTS) is 3. The fraction of sp³-hybridized carbons (Fsp3) is 0.660. The number of nitrogens with one attached hydrogen (secondary N) is 1. The van der Waals surface area contributed by atoms with E-state index in [0.29, 0.717) is 19.3 Å². The van der Waals surface area contributed by atoms with Crippen molar-refractivity contribution in [3.05, 3.63) is 59.7 Å². The number of carbonyl (C=O) groups excluding carboxylic acids is 3. The normalized spacial score (nSPS) is 12.2. The second-order valence-electron chi connectivity index (χ2n) is 17.1. The minimum absolute atomic E-state index is 0.00989. The molecule has 2 atom stereocenters. The zero-order chi connectivity index (χ0) is 49.5. The average molecular weight is 958 g/mol. The fourth-order valence-corrected chi connectivity index (χ4v) is 8.42. The number of fused-ring (bicyclic) bond motifs is 3. The topological polar surface area (TPSA) is 203 Å². The summed E-state index contributed by atoms with van der Waals surface area (Å²) in [4.78, 5) is 69.7. The number of unbranched alkanes of at least 4 members (excludes halogenated alkanes) is 16. The number of hydrogen-bond acceptors (Lipinski definition) is 10. The van der Waals surface area contributed by atoms with Gasteiger partial charge in [0.15, 0.2) is 0 Å². The molecule has 14 heteroatoms. The summed E-state index contributed by atoms with van der Waals surface area (Å²) in [5.41, 5.74) is 4.32. The van der Waals surface area contributed by atoms with Crippen molar-refractivity contribution < 1.29 is 58.3 Å². The Bertz CT molecular complexity index is 1620. The van der Waals surface area contributed by atoms with Gasteiger partial charge < -0.3 is 34.8 Å². The Hall–Kier alpha value is -4.59. The summed E-state index contributed by atoms with van der Waals surface area (Å²) in [5, 5.41) is 28.8. The monoisotopic (exact) mass is 958 g/mol. The van der Waals surface area contributed by atoms with Gasteiger partial charge in [-0.05, 0) is 47.9 Å². The summed E-state index contributed by atoms with van der Waals surface area (Å²) in [6.45, 7) is 8.54. The Morgan fingerprint density at radius 1 is 0.537 bits per heavy atom. The van der Waals surface area contributed by atoms with Gasteiger partial charge >= 0.3 is 35.9 Å². The van der Waals surface area contributed by atoms with Crippen LogP contribution in [0.15, 0.2) is 48.5 Å². The zero-order valence-corrected chi connectivity index (χ0v) is 41.9. The lowest BCUT2D eigenvalue weighted by Crippen LogP contribution is -2.43. The van der Waals surface area contributed by atoms with E-state index in [-0.39, 0.29) is 49.0 Å². The molecule has 0 spiro atoms. The van der Waals surface area contributed by atoms with Gasteiger partial charge in [-0.25, -0.2) is 9.59 Å². The summed E-state index contributed by atoms with van der Waals surface area (Å²) >= 11 is 1.20. The van der Waals surface area contributed by atoms with Crippen LogP contribution < -0.4 is 5.32 Å². The van der Waals surface area contributed by atoms with Gasteiger partial charge in [0.2, 0.25) is 0 Å². The van der Waals surface area contributed by atoms with E-state index < -0.39 is 36.1 Å². The molecule has 1 aliphatic carbocycles. The summed E-state index contributed by atoms with van der Waals surface area (Å²) < 4.78 is 16.6. The second kappa shape index (κ2) is 39.4. The third kappa shape index (κ3) is 29.7. The molecular weight excluding hydrogens is 875 g/mol. The van der Waals surface area contributed by atoms with E-state index in [1.54, 1.807) is 0 Å². The molecule has 0 saturated heterocycles. The molecule has 0 bridgehead atoms. The summed E-state index contributed by atoms with van der Waals surface area (Å²) in [6, 6.07) is 14.7. The van der Waals surface area contributed by atoms with Crippen molar-refractivity contribution in [1.82, 2.24) is 5.32 Å². The quantitative estimate of drug-likeness (QED) is 0.0289. The molecule has 0 fully saturated rings. The number of benzene rings is 2. The molecule has 13 nitrogen and oxygen atoms in total. The van der Waals surface area contributed by atoms with Crippen LogP contribution >= 0.6 is 11.8 Å². The van der Waals surface area contributed by atoms with Crippen molar-refractivity contribution in [3.63, 3.8) is 0 Å². The third-order valence-electron chi connectivity index (χ3n) is 11.2. The van der Waals surface area contributed by atoms with E-state index in [4.69, 9.17) is 24.4 Å². The van der Waals surface area contributed by atoms with Gasteiger partial charge in [0.05, 0.1) is 0 Å². The smallest absolute Gasteiger partial charge is 0.407 e. The largest absolute Gasteiger partial charge is 0.481 e. The maximum atomic E-state index is 12.7. The molecule has 67 heavy (non-hydrogen) atoms. The number of carboxylic acids is 3. The summed E-state index contributed by atoms with van der Waals surface area (Å²) in [7, 11) is 0. The number of hydrogen-bond donors (Lipinski definition) is 4. The standard InChI is InChI=1S/C37H51NO8S.2C8H16O2/c1-3-5-7-9-11-21-34(39)44-23-27(46-35(40)22-12-10-8-6-4-2)25-47-26-33(36(41)42)38-37(43)45-24-32-30-19-15-13-17-28(30)29-18-14-16-20-31(29)32;2*1-2-3-4-5-6-7-8(9)10/h13-20,27,32-33H,3-12,21-26H2,1-2H3,(H,38,43)(H,41,42);2*2-7H2,1H3,(H,9,10)/t27-,33+;;/m1../s1. The van der Waals surface area contributed by atoms with Crippen LogP contribution in [-0.2, 0) is 38.2 Å². The van der Waals surface area contributed by atoms with Crippen LogP contribution in [-0.4, -0.2) is 88.1 Å². The number of esters is 2. The molecule has 0 aromatic heterocycles. The Morgan fingerprint density at radius 3 is 1.39 bits per heavy atom. The van der Waals surface area contributed by atoms with E-state index in [9.17, 15) is 33.9 Å². The molecule has 4 N–H and O–H groups in total. The van der Waals surface area contributed by atoms with Crippen LogP contribution in [0.1, 0.15) is 199 Å². The van der Waals surface area contributed by atoms with Gasteiger partial charge in [-0.2, -0.15) is 11.8 Å². The van der Waals surface area contributed by atoms with E-state index >= 15 is 0 Å². The van der Waals surface area contributed by atoms with Gasteiger partial charge in [0.1, 0.15) is 25.4 Å². The minimum atomic E-state index is -1.23. The van der Waals surface area contributed by atoms with Gasteiger partial charge in [-0.1, -0.05) is 179 Å². The molecule has 0 heterocycles. The van der Waals surface area contributed by atoms with Crippen LogP contribution in [0.4, 0.5) is 4.79 Å². The van der Waals surface area contributed by atoms with E-state index in [1.165, 1.54) is 50.3 Å². The molecule has 378 valence electrons.